The van der Waals surface area contributed by atoms with Crippen LogP contribution in [0.25, 0.3) is 0 Å². The maximum atomic E-state index is 12.8. The highest BCUT2D eigenvalue weighted by Crippen LogP contribution is 2.25. The van der Waals surface area contributed by atoms with Crippen LogP contribution in [-0.4, -0.2) is 71.2 Å². The normalized spacial score (nSPS) is 19.1. The highest BCUT2D eigenvalue weighted by Gasteiger charge is 2.28. The summed E-state index contributed by atoms with van der Waals surface area (Å²) in [4.78, 5) is 29.4. The van der Waals surface area contributed by atoms with Gasteiger partial charge in [0.1, 0.15) is 11.3 Å². The minimum atomic E-state index is -0.479. The van der Waals surface area contributed by atoms with E-state index < -0.39 is 5.60 Å². The van der Waals surface area contributed by atoms with Crippen LogP contribution in [0.3, 0.4) is 0 Å². The van der Waals surface area contributed by atoms with Crippen molar-refractivity contribution >= 4 is 12.0 Å². The first-order valence-electron chi connectivity index (χ1n) is 12.0. The summed E-state index contributed by atoms with van der Waals surface area (Å²) in [5.74, 6) is -0.00422. The third-order valence-electron chi connectivity index (χ3n) is 6.16. The van der Waals surface area contributed by atoms with Crippen LogP contribution in [0.4, 0.5) is 4.79 Å². The fourth-order valence-electron chi connectivity index (χ4n) is 4.51. The van der Waals surface area contributed by atoms with Gasteiger partial charge in [-0.25, -0.2) is 4.79 Å². The molecule has 0 aliphatic carbocycles. The van der Waals surface area contributed by atoms with Crippen LogP contribution >= 0.6 is 0 Å². The fourth-order valence-corrected chi connectivity index (χ4v) is 4.51. The van der Waals surface area contributed by atoms with Gasteiger partial charge in [0.05, 0.1) is 0 Å². The van der Waals surface area contributed by atoms with Crippen molar-refractivity contribution in [3.8, 4) is 0 Å². The second kappa shape index (κ2) is 11.0. The van der Waals surface area contributed by atoms with Gasteiger partial charge in [0, 0.05) is 31.9 Å². The number of hydrogen-bond acceptors (Lipinski definition) is 4. The predicted octanol–water partition coefficient (Wildman–Crippen LogP) is 4.06. The van der Waals surface area contributed by atoms with Crippen LogP contribution in [0.2, 0.25) is 0 Å². The van der Waals surface area contributed by atoms with E-state index in [2.05, 4.69) is 14.8 Å². The Balaban J connectivity index is 1.44. The zero-order chi connectivity index (χ0) is 22.3. The molecule has 2 saturated heterocycles. The number of nitrogens with one attached hydrogen (secondary N) is 1. The Labute approximate surface area is 187 Å². The molecule has 31 heavy (non-hydrogen) atoms. The lowest BCUT2D eigenvalue weighted by Gasteiger charge is -2.34. The molecule has 0 spiro atoms. The lowest BCUT2D eigenvalue weighted by molar-refractivity contribution is 0.0187. The Kier molecular flexibility index (Phi) is 8.41. The number of carbonyl (C=O) groups excluding carboxylic acids is 2. The largest absolute Gasteiger partial charge is 0.444 e. The average Bonchev–Trinajstić information content (AvgIpc) is 3.07. The molecule has 0 unspecified atom stereocenters. The zero-order valence-electron chi connectivity index (χ0n) is 19.6. The van der Waals surface area contributed by atoms with Crippen LogP contribution in [0.15, 0.2) is 18.3 Å². The molecule has 2 aliphatic rings. The molecule has 0 bridgehead atoms. The van der Waals surface area contributed by atoms with Crippen LogP contribution in [0.1, 0.15) is 82.2 Å². The summed E-state index contributed by atoms with van der Waals surface area (Å²) in [5.41, 5.74) is 0.234. The molecule has 2 fully saturated rings. The molecular weight excluding hydrogens is 392 g/mol. The molecule has 7 nitrogen and oxygen atoms in total. The molecule has 7 heteroatoms. The maximum Gasteiger partial charge on any atom is 0.410 e. The number of piperidine rings is 1. The average molecular weight is 433 g/mol. The Morgan fingerprint density at radius 3 is 2.39 bits per heavy atom. The van der Waals surface area contributed by atoms with Crippen LogP contribution < -0.4 is 5.32 Å². The van der Waals surface area contributed by atoms with Gasteiger partial charge in [-0.3, -0.25) is 4.79 Å². The molecule has 0 aromatic carbocycles. The van der Waals surface area contributed by atoms with E-state index in [1.54, 1.807) is 4.90 Å². The van der Waals surface area contributed by atoms with Crippen molar-refractivity contribution < 1.29 is 14.3 Å². The lowest BCUT2D eigenvalue weighted by Crippen LogP contribution is -2.42. The summed E-state index contributed by atoms with van der Waals surface area (Å²) in [6.45, 7) is 11.1. The van der Waals surface area contributed by atoms with Gasteiger partial charge in [0.2, 0.25) is 0 Å². The van der Waals surface area contributed by atoms with Crippen molar-refractivity contribution in [1.29, 1.82) is 0 Å². The molecule has 1 aromatic heterocycles. The van der Waals surface area contributed by atoms with Crippen molar-refractivity contribution in [2.45, 2.75) is 77.4 Å². The van der Waals surface area contributed by atoms with E-state index in [0.29, 0.717) is 25.3 Å². The SMILES string of the molecule is CC(C)(C)OC(=O)N1CCC(n2cccc2C(=O)NCCCN2CCCCCC2)CC1. The quantitative estimate of drug-likeness (QED) is 0.689. The highest BCUT2D eigenvalue weighted by molar-refractivity contribution is 5.92. The fraction of sp³-hybridized carbons (Fsp3) is 0.750. The van der Waals surface area contributed by atoms with Crippen molar-refractivity contribution in [1.82, 2.24) is 19.7 Å². The summed E-state index contributed by atoms with van der Waals surface area (Å²) >= 11 is 0. The molecule has 1 aromatic rings. The van der Waals surface area contributed by atoms with Crippen molar-refractivity contribution in [2.75, 3.05) is 39.3 Å². The number of hydrogen-bond donors (Lipinski definition) is 1. The second-order valence-corrected chi connectivity index (χ2v) is 9.86. The van der Waals surface area contributed by atoms with Gasteiger partial charge >= 0.3 is 6.09 Å². The monoisotopic (exact) mass is 432 g/mol. The van der Waals surface area contributed by atoms with E-state index in [1.807, 2.05) is 39.1 Å². The molecule has 3 heterocycles. The number of likely N-dealkylation sites (tertiary alicyclic amines) is 2. The molecule has 0 saturated carbocycles. The van der Waals surface area contributed by atoms with E-state index in [-0.39, 0.29) is 18.0 Å². The minimum Gasteiger partial charge on any atom is -0.444 e. The second-order valence-electron chi connectivity index (χ2n) is 9.86. The lowest BCUT2D eigenvalue weighted by atomic mass is 10.0. The first kappa shape index (κ1) is 23.6. The topological polar surface area (TPSA) is 66.8 Å². The highest BCUT2D eigenvalue weighted by atomic mass is 16.6. The Bertz CT molecular complexity index is 709. The molecule has 2 amide bonds. The molecule has 3 rings (SSSR count). The number of aromatic nitrogens is 1. The van der Waals surface area contributed by atoms with Gasteiger partial charge in [-0.15, -0.1) is 0 Å². The molecule has 2 aliphatic heterocycles. The van der Waals surface area contributed by atoms with Gasteiger partial charge < -0.3 is 24.4 Å². The van der Waals surface area contributed by atoms with Gasteiger partial charge in [0.15, 0.2) is 0 Å². The van der Waals surface area contributed by atoms with Gasteiger partial charge in [0.25, 0.3) is 5.91 Å². The summed E-state index contributed by atoms with van der Waals surface area (Å²) < 4.78 is 7.56. The van der Waals surface area contributed by atoms with E-state index in [0.717, 1.165) is 25.8 Å². The number of ether oxygens (including phenoxy) is 1. The summed E-state index contributed by atoms with van der Waals surface area (Å²) in [6.07, 6.45) is 9.66. The number of amides is 2. The third-order valence-corrected chi connectivity index (χ3v) is 6.16. The van der Waals surface area contributed by atoms with Gasteiger partial charge in [-0.1, -0.05) is 12.8 Å². The Morgan fingerprint density at radius 1 is 1.06 bits per heavy atom. The zero-order valence-corrected chi connectivity index (χ0v) is 19.6. The summed E-state index contributed by atoms with van der Waals surface area (Å²) in [6, 6.07) is 4.06. The van der Waals surface area contributed by atoms with Gasteiger partial charge in [-0.05, 0) is 84.6 Å². The predicted molar refractivity (Wildman–Crippen MR) is 122 cm³/mol. The van der Waals surface area contributed by atoms with Gasteiger partial charge in [-0.2, -0.15) is 0 Å². The van der Waals surface area contributed by atoms with E-state index in [1.165, 1.54) is 38.8 Å². The maximum absolute atomic E-state index is 12.8. The van der Waals surface area contributed by atoms with Crippen molar-refractivity contribution in [3.05, 3.63) is 24.0 Å². The third kappa shape index (κ3) is 7.27. The first-order valence-corrected chi connectivity index (χ1v) is 12.0. The van der Waals surface area contributed by atoms with Crippen molar-refractivity contribution in [3.63, 3.8) is 0 Å². The smallest absolute Gasteiger partial charge is 0.410 e. The van der Waals surface area contributed by atoms with E-state index in [9.17, 15) is 9.59 Å². The molecule has 174 valence electrons. The van der Waals surface area contributed by atoms with Crippen LogP contribution in [-0.2, 0) is 4.74 Å². The first-order chi connectivity index (χ1) is 14.8. The summed E-state index contributed by atoms with van der Waals surface area (Å²) in [7, 11) is 0. The molecule has 0 radical (unpaired) electrons. The number of carbonyl (C=O) groups is 2. The van der Waals surface area contributed by atoms with E-state index >= 15 is 0 Å². The standard InChI is InChI=1S/C24H40N4O3/c1-24(2,3)31-23(30)27-18-11-20(12-19-27)28-17-8-10-21(28)22(29)25-13-9-16-26-14-6-4-5-7-15-26/h8,10,17,20H,4-7,9,11-16,18-19H2,1-3H3,(H,25,29). The summed E-state index contributed by atoms with van der Waals surface area (Å²) in [5, 5.41) is 3.10. The molecular formula is C24H40N4O3. The van der Waals surface area contributed by atoms with Crippen molar-refractivity contribution in [2.24, 2.45) is 0 Å². The molecule has 1 N–H and O–H groups in total. The minimum absolute atomic E-state index is 0.00422. The van der Waals surface area contributed by atoms with E-state index in [4.69, 9.17) is 4.74 Å². The number of rotatable bonds is 6. The molecule has 0 atom stereocenters. The Hall–Kier alpha value is -2.02. The number of nitrogens with zero attached hydrogens (tertiary/aromatic N) is 3. The van der Waals surface area contributed by atoms with Crippen LogP contribution in [0, 0.1) is 0 Å². The van der Waals surface area contributed by atoms with Crippen LogP contribution in [0.5, 0.6) is 0 Å². The Morgan fingerprint density at radius 2 is 1.74 bits per heavy atom.